The van der Waals surface area contributed by atoms with E-state index >= 15 is 0 Å². The van der Waals surface area contributed by atoms with Crippen molar-refractivity contribution in [3.8, 4) is 5.75 Å². The highest BCUT2D eigenvalue weighted by Crippen LogP contribution is 2.42. The van der Waals surface area contributed by atoms with Crippen LogP contribution in [-0.2, 0) is 11.3 Å². The zero-order valence-corrected chi connectivity index (χ0v) is 22.3. The van der Waals surface area contributed by atoms with Crippen LogP contribution in [0.25, 0.3) is 10.9 Å². The van der Waals surface area contributed by atoms with Gasteiger partial charge in [-0.05, 0) is 68.1 Å². The fourth-order valence-corrected chi connectivity index (χ4v) is 5.76. The summed E-state index contributed by atoms with van der Waals surface area (Å²) in [6.45, 7) is 9.31. The number of phenolic OH excluding ortho intramolecular Hbond substituents is 1. The number of Topliss-reactive ketones (excluding diaryl/α,β-unsaturated/α-hetero) is 1. The molecule has 1 saturated carbocycles. The Balaban J connectivity index is 1.61. The van der Waals surface area contributed by atoms with E-state index < -0.39 is 26.2 Å². The highest BCUT2D eigenvalue weighted by Gasteiger charge is 2.45. The molecule has 4 rings (SSSR count). The molecule has 9 heteroatoms. The molecule has 1 aliphatic rings. The number of aromatic hydroxyl groups is 1. The average molecular weight is 510 g/mol. The topological polar surface area (TPSA) is 115 Å². The summed E-state index contributed by atoms with van der Waals surface area (Å²) in [5.41, 5.74) is 1.75. The smallest absolute Gasteiger partial charge is 0.277 e. The lowest BCUT2D eigenvalue weighted by Gasteiger charge is -2.29. The van der Waals surface area contributed by atoms with Crippen LogP contribution >= 0.6 is 0 Å². The standard InChI is InChI=1S/C27H35N3O5Si/c1-17-5-12-23-22(15-17)26(33)30(29-28-23)16-19-8-11-21(25(32)18-6-9-20(31)10-7-18)24(19)27(34)35-13-14-36(2,3)4/h5-7,9-10,12,15,19,21,24,27,31,34H,8,11,13-14,16H2,1-4H3. The normalized spacial score (nSPS) is 21.1. The van der Waals surface area contributed by atoms with Gasteiger partial charge in [0, 0.05) is 38.6 Å². The molecule has 0 aliphatic heterocycles. The van der Waals surface area contributed by atoms with Crippen molar-refractivity contribution in [2.24, 2.45) is 17.8 Å². The van der Waals surface area contributed by atoms with Crippen LogP contribution in [0.4, 0.5) is 0 Å². The first-order valence-electron chi connectivity index (χ1n) is 12.5. The van der Waals surface area contributed by atoms with E-state index in [0.29, 0.717) is 35.9 Å². The van der Waals surface area contributed by atoms with Crippen molar-refractivity contribution in [1.82, 2.24) is 15.0 Å². The van der Waals surface area contributed by atoms with Crippen LogP contribution in [0.1, 0.15) is 28.8 Å². The maximum atomic E-state index is 13.4. The summed E-state index contributed by atoms with van der Waals surface area (Å²) in [4.78, 5) is 26.6. The molecule has 2 N–H and O–H groups in total. The molecule has 2 aromatic carbocycles. The first kappa shape index (κ1) is 26.2. The largest absolute Gasteiger partial charge is 0.508 e. The molecule has 0 amide bonds. The lowest BCUT2D eigenvalue weighted by Crippen LogP contribution is -2.38. The van der Waals surface area contributed by atoms with Crippen LogP contribution in [0.2, 0.25) is 25.7 Å². The number of phenols is 1. The maximum Gasteiger partial charge on any atom is 0.277 e. The fraction of sp³-hybridized carbons (Fsp3) is 0.481. The molecule has 1 aliphatic carbocycles. The van der Waals surface area contributed by atoms with E-state index in [1.807, 2.05) is 13.0 Å². The van der Waals surface area contributed by atoms with E-state index in [-0.39, 0.29) is 29.6 Å². The first-order chi connectivity index (χ1) is 17.0. The Morgan fingerprint density at radius 2 is 1.89 bits per heavy atom. The van der Waals surface area contributed by atoms with Gasteiger partial charge in [0.1, 0.15) is 11.3 Å². The van der Waals surface area contributed by atoms with Crippen molar-refractivity contribution in [2.45, 2.75) is 58.3 Å². The molecular weight excluding hydrogens is 474 g/mol. The van der Waals surface area contributed by atoms with E-state index in [4.69, 9.17) is 4.74 Å². The minimum atomic E-state index is -1.37. The third kappa shape index (κ3) is 5.91. The zero-order chi connectivity index (χ0) is 26.0. The molecule has 1 aromatic heterocycles. The second-order valence-electron chi connectivity index (χ2n) is 11.1. The van der Waals surface area contributed by atoms with Gasteiger partial charge in [-0.3, -0.25) is 9.59 Å². The summed E-state index contributed by atoms with van der Waals surface area (Å²) >= 11 is 0. The zero-order valence-electron chi connectivity index (χ0n) is 21.3. The van der Waals surface area contributed by atoms with Crippen molar-refractivity contribution >= 4 is 24.8 Å². The highest BCUT2D eigenvalue weighted by atomic mass is 28.3. The Morgan fingerprint density at radius 1 is 1.17 bits per heavy atom. The fourth-order valence-electron chi connectivity index (χ4n) is 5.03. The Hall–Kier alpha value is -2.88. The number of aromatic nitrogens is 3. The van der Waals surface area contributed by atoms with Gasteiger partial charge in [0.15, 0.2) is 12.1 Å². The molecule has 36 heavy (non-hydrogen) atoms. The summed E-state index contributed by atoms with van der Waals surface area (Å²) in [7, 11) is -1.37. The van der Waals surface area contributed by atoms with Crippen molar-refractivity contribution in [3.63, 3.8) is 0 Å². The first-order valence-corrected chi connectivity index (χ1v) is 16.2. The summed E-state index contributed by atoms with van der Waals surface area (Å²) < 4.78 is 7.24. The van der Waals surface area contributed by atoms with Crippen LogP contribution in [0.5, 0.6) is 5.75 Å². The van der Waals surface area contributed by atoms with Gasteiger partial charge in [-0.1, -0.05) is 36.5 Å². The van der Waals surface area contributed by atoms with Gasteiger partial charge in [-0.15, -0.1) is 5.10 Å². The van der Waals surface area contributed by atoms with Crippen LogP contribution in [0.3, 0.4) is 0 Å². The Kier molecular flexibility index (Phi) is 7.72. The molecular formula is C27H35N3O5Si. The maximum absolute atomic E-state index is 13.4. The minimum absolute atomic E-state index is 0.0894. The van der Waals surface area contributed by atoms with Gasteiger partial charge < -0.3 is 14.9 Å². The Morgan fingerprint density at radius 3 is 2.58 bits per heavy atom. The third-order valence-electron chi connectivity index (χ3n) is 7.10. The van der Waals surface area contributed by atoms with Crippen molar-refractivity contribution < 1.29 is 19.7 Å². The molecule has 3 aromatic rings. The van der Waals surface area contributed by atoms with Crippen molar-refractivity contribution in [2.75, 3.05) is 6.61 Å². The summed E-state index contributed by atoms with van der Waals surface area (Å²) in [6, 6.07) is 12.5. The molecule has 192 valence electrons. The van der Waals surface area contributed by atoms with E-state index in [0.717, 1.165) is 11.6 Å². The number of carbonyl (C=O) groups is 1. The van der Waals surface area contributed by atoms with E-state index in [2.05, 4.69) is 30.0 Å². The number of benzene rings is 2. The number of ketones is 1. The number of fused-ring (bicyclic) bond motifs is 1. The average Bonchev–Trinajstić information content (AvgIpc) is 3.24. The number of nitrogens with zero attached hydrogens (tertiary/aromatic N) is 3. The summed E-state index contributed by atoms with van der Waals surface area (Å²) in [6.07, 6.45) is 0.0811. The number of hydrogen-bond donors (Lipinski definition) is 2. The van der Waals surface area contributed by atoms with Crippen LogP contribution in [0, 0.1) is 24.7 Å². The van der Waals surface area contributed by atoms with Crippen LogP contribution in [-0.4, -0.2) is 52.0 Å². The molecule has 1 fully saturated rings. The number of aliphatic hydroxyl groups excluding tert-OH is 1. The molecule has 4 unspecified atom stereocenters. The lowest BCUT2D eigenvalue weighted by atomic mass is 9.84. The van der Waals surface area contributed by atoms with Crippen molar-refractivity contribution in [1.29, 1.82) is 0 Å². The SMILES string of the molecule is Cc1ccc2nnn(CC3CCC(C(=O)c4ccc(O)cc4)C3C(O)OCC[Si](C)(C)C)c(=O)c2c1. The Labute approximate surface area is 211 Å². The molecule has 1 heterocycles. The van der Waals surface area contributed by atoms with E-state index in [9.17, 15) is 19.8 Å². The molecule has 0 saturated heterocycles. The number of rotatable bonds is 9. The molecule has 0 bridgehead atoms. The van der Waals surface area contributed by atoms with Crippen LogP contribution < -0.4 is 5.56 Å². The Bertz CT molecular complexity index is 1290. The van der Waals surface area contributed by atoms with E-state index in [1.165, 1.54) is 16.8 Å². The predicted molar refractivity (Wildman–Crippen MR) is 141 cm³/mol. The summed E-state index contributed by atoms with van der Waals surface area (Å²) in [5.74, 6) is -1.15. The number of aryl methyl sites for hydroxylation is 1. The van der Waals surface area contributed by atoms with E-state index in [1.54, 1.807) is 24.3 Å². The second kappa shape index (κ2) is 10.6. The van der Waals surface area contributed by atoms with Gasteiger partial charge in [0.25, 0.3) is 5.56 Å². The van der Waals surface area contributed by atoms with Crippen LogP contribution in [0.15, 0.2) is 47.3 Å². The van der Waals surface area contributed by atoms with Gasteiger partial charge in [-0.25, -0.2) is 4.68 Å². The minimum Gasteiger partial charge on any atom is -0.508 e. The molecule has 0 radical (unpaired) electrons. The monoisotopic (exact) mass is 509 g/mol. The quantitative estimate of drug-likeness (QED) is 0.254. The van der Waals surface area contributed by atoms with Crippen molar-refractivity contribution in [3.05, 3.63) is 63.9 Å². The van der Waals surface area contributed by atoms with Gasteiger partial charge >= 0.3 is 0 Å². The number of aliphatic hydroxyl groups is 1. The molecule has 0 spiro atoms. The molecule has 4 atom stereocenters. The predicted octanol–water partition coefficient (Wildman–Crippen LogP) is 4.00. The molecule has 8 nitrogen and oxygen atoms in total. The number of carbonyl (C=O) groups excluding carboxylic acids is 1. The number of ether oxygens (including phenoxy) is 1. The third-order valence-corrected chi connectivity index (χ3v) is 8.80. The van der Waals surface area contributed by atoms with Gasteiger partial charge in [0.05, 0.1) is 5.39 Å². The summed E-state index contributed by atoms with van der Waals surface area (Å²) in [5, 5.41) is 29.6. The second-order valence-corrected chi connectivity index (χ2v) is 16.7. The lowest BCUT2D eigenvalue weighted by molar-refractivity contribution is -0.146. The number of hydrogen-bond acceptors (Lipinski definition) is 7. The van der Waals surface area contributed by atoms with Gasteiger partial charge in [0.2, 0.25) is 0 Å². The van der Waals surface area contributed by atoms with Gasteiger partial charge in [-0.2, -0.15) is 0 Å². The highest BCUT2D eigenvalue weighted by molar-refractivity contribution is 6.76.